The summed E-state index contributed by atoms with van der Waals surface area (Å²) in [6.07, 6.45) is 0.920. The summed E-state index contributed by atoms with van der Waals surface area (Å²) in [5, 5.41) is 12.5. The zero-order valence-corrected chi connectivity index (χ0v) is 17.0. The highest BCUT2D eigenvalue weighted by atomic mass is 79.9. The van der Waals surface area contributed by atoms with Crippen molar-refractivity contribution in [3.05, 3.63) is 52.9 Å². The summed E-state index contributed by atoms with van der Waals surface area (Å²) >= 11 is 1.50. The number of hydrogen-bond donors (Lipinski definition) is 2. The Balaban J connectivity index is 0.00000210. The van der Waals surface area contributed by atoms with Crippen LogP contribution in [0.25, 0.3) is 11.3 Å². The first-order valence-corrected chi connectivity index (χ1v) is 8.99. The van der Waals surface area contributed by atoms with Crippen LogP contribution in [0.15, 0.2) is 41.8 Å². The molecule has 8 heteroatoms. The number of aromatic hydroxyl groups is 1. The zero-order chi connectivity index (χ0) is 18.3. The van der Waals surface area contributed by atoms with E-state index in [4.69, 9.17) is 10.5 Å². The van der Waals surface area contributed by atoms with Gasteiger partial charge in [0.15, 0.2) is 5.13 Å². The molecule has 3 N–H and O–H groups in total. The molecule has 1 amide bonds. The number of halogens is 1. The van der Waals surface area contributed by atoms with Crippen LogP contribution in [0.2, 0.25) is 0 Å². The number of primary amides is 1. The van der Waals surface area contributed by atoms with Gasteiger partial charge < -0.3 is 20.5 Å². The standard InChI is InChI=1S/C19H17N3O3S.BrH/c1-22(13-3-5-17-12(8-13)6-7-25-17)19-21-15(10-26-19)11-2-4-16(23)14(9-11)18(20)24;/h2-5,8-10,23H,6-7H2,1H3,(H2,20,24);1H. The van der Waals surface area contributed by atoms with E-state index < -0.39 is 5.91 Å². The number of amides is 1. The third kappa shape index (κ3) is 3.63. The molecule has 2 heterocycles. The second-order valence-electron chi connectivity index (χ2n) is 6.06. The van der Waals surface area contributed by atoms with Gasteiger partial charge in [-0.3, -0.25) is 4.79 Å². The molecule has 0 radical (unpaired) electrons. The fraction of sp³-hybridized carbons (Fsp3) is 0.158. The number of phenols is 1. The first kappa shape index (κ1) is 19.2. The first-order valence-electron chi connectivity index (χ1n) is 8.11. The largest absolute Gasteiger partial charge is 0.507 e. The number of fused-ring (bicyclic) bond motifs is 1. The van der Waals surface area contributed by atoms with E-state index in [0.29, 0.717) is 0 Å². The smallest absolute Gasteiger partial charge is 0.252 e. The lowest BCUT2D eigenvalue weighted by atomic mass is 10.1. The van der Waals surface area contributed by atoms with Gasteiger partial charge in [0, 0.05) is 30.1 Å². The lowest BCUT2D eigenvalue weighted by Gasteiger charge is -2.16. The fourth-order valence-corrected chi connectivity index (χ4v) is 3.76. The highest BCUT2D eigenvalue weighted by Crippen LogP contribution is 2.35. The molecule has 0 saturated heterocycles. The Morgan fingerprint density at radius 2 is 2.11 bits per heavy atom. The Kier molecular flexibility index (Phi) is 5.38. The van der Waals surface area contributed by atoms with E-state index in [0.717, 1.165) is 40.9 Å². The SMILES string of the molecule is Br.CN(c1ccc2c(c1)CCO2)c1nc(-c2ccc(O)c(C(N)=O)c2)cs1. The summed E-state index contributed by atoms with van der Waals surface area (Å²) in [5.74, 6) is 0.150. The van der Waals surface area contributed by atoms with E-state index >= 15 is 0 Å². The zero-order valence-electron chi connectivity index (χ0n) is 14.5. The van der Waals surface area contributed by atoms with Crippen molar-refractivity contribution < 1.29 is 14.6 Å². The minimum Gasteiger partial charge on any atom is -0.507 e. The Morgan fingerprint density at radius 1 is 1.30 bits per heavy atom. The summed E-state index contributed by atoms with van der Waals surface area (Å²) in [7, 11) is 1.96. The molecule has 1 aliphatic rings. The molecule has 6 nitrogen and oxygen atoms in total. The Labute approximate surface area is 171 Å². The van der Waals surface area contributed by atoms with Gasteiger partial charge >= 0.3 is 0 Å². The van der Waals surface area contributed by atoms with Gasteiger partial charge in [0.25, 0.3) is 5.91 Å². The third-order valence-electron chi connectivity index (χ3n) is 4.40. The van der Waals surface area contributed by atoms with Crippen LogP contribution in [0.4, 0.5) is 10.8 Å². The average molecular weight is 448 g/mol. The van der Waals surface area contributed by atoms with Crippen LogP contribution in [0.5, 0.6) is 11.5 Å². The number of thiazole rings is 1. The lowest BCUT2D eigenvalue weighted by molar-refractivity contribution is 0.0998. The molecule has 1 aliphatic heterocycles. The van der Waals surface area contributed by atoms with Gasteiger partial charge in [-0.1, -0.05) is 0 Å². The van der Waals surface area contributed by atoms with Crippen molar-refractivity contribution in [2.45, 2.75) is 6.42 Å². The van der Waals surface area contributed by atoms with Crippen molar-refractivity contribution >= 4 is 45.0 Å². The van der Waals surface area contributed by atoms with Crippen LogP contribution in [0.3, 0.4) is 0 Å². The fourth-order valence-electron chi connectivity index (χ4n) is 2.94. The number of nitrogens with zero attached hydrogens (tertiary/aromatic N) is 2. The Hall–Kier alpha value is -2.58. The quantitative estimate of drug-likeness (QED) is 0.632. The van der Waals surface area contributed by atoms with Crippen LogP contribution >= 0.6 is 28.3 Å². The van der Waals surface area contributed by atoms with E-state index in [9.17, 15) is 9.90 Å². The minimum absolute atomic E-state index is 0. The summed E-state index contributed by atoms with van der Waals surface area (Å²) < 4.78 is 5.55. The average Bonchev–Trinajstić information content (AvgIpc) is 3.30. The molecule has 3 aromatic rings. The molecule has 27 heavy (non-hydrogen) atoms. The second-order valence-corrected chi connectivity index (χ2v) is 6.90. The van der Waals surface area contributed by atoms with Crippen molar-refractivity contribution in [1.29, 1.82) is 0 Å². The Bertz CT molecular complexity index is 1010. The van der Waals surface area contributed by atoms with Crippen LogP contribution in [0.1, 0.15) is 15.9 Å². The number of rotatable bonds is 4. The highest BCUT2D eigenvalue weighted by molar-refractivity contribution is 8.93. The molecule has 0 bridgehead atoms. The summed E-state index contributed by atoms with van der Waals surface area (Å²) in [6, 6.07) is 10.9. The van der Waals surface area contributed by atoms with Gasteiger partial charge in [0.05, 0.1) is 17.9 Å². The predicted molar refractivity (Wildman–Crippen MR) is 112 cm³/mol. The van der Waals surface area contributed by atoms with E-state index in [-0.39, 0.29) is 28.3 Å². The molecular formula is C19H18BrN3O3S. The van der Waals surface area contributed by atoms with Crippen molar-refractivity contribution in [1.82, 2.24) is 4.98 Å². The molecule has 0 spiro atoms. The van der Waals surface area contributed by atoms with Gasteiger partial charge in [0.2, 0.25) is 0 Å². The number of aromatic nitrogens is 1. The molecule has 140 valence electrons. The number of anilines is 2. The monoisotopic (exact) mass is 447 g/mol. The van der Waals surface area contributed by atoms with Crippen molar-refractivity contribution in [2.75, 3.05) is 18.6 Å². The number of carbonyl (C=O) groups excluding carboxylic acids is 1. The predicted octanol–water partition coefficient (Wildman–Crippen LogP) is 3.90. The number of ether oxygens (including phenoxy) is 1. The summed E-state index contributed by atoms with van der Waals surface area (Å²) in [4.78, 5) is 18.1. The summed E-state index contributed by atoms with van der Waals surface area (Å²) in [5.41, 5.74) is 9.09. The third-order valence-corrected chi connectivity index (χ3v) is 5.31. The van der Waals surface area contributed by atoms with Gasteiger partial charge in [-0.2, -0.15) is 0 Å². The maximum absolute atomic E-state index is 11.4. The minimum atomic E-state index is -0.669. The molecule has 0 fully saturated rings. The topological polar surface area (TPSA) is 88.7 Å². The van der Waals surface area contributed by atoms with E-state index in [2.05, 4.69) is 11.1 Å². The lowest BCUT2D eigenvalue weighted by Crippen LogP contribution is -2.11. The van der Waals surface area contributed by atoms with Gasteiger partial charge in [0.1, 0.15) is 11.5 Å². The maximum atomic E-state index is 11.4. The van der Waals surface area contributed by atoms with Crippen molar-refractivity contribution in [3.63, 3.8) is 0 Å². The molecular weight excluding hydrogens is 430 g/mol. The van der Waals surface area contributed by atoms with Crippen LogP contribution < -0.4 is 15.4 Å². The molecule has 0 atom stereocenters. The van der Waals surface area contributed by atoms with Gasteiger partial charge in [-0.05, 0) is 42.0 Å². The molecule has 1 aromatic heterocycles. The number of nitrogens with two attached hydrogens (primary N) is 1. The molecule has 4 rings (SSSR count). The molecule has 0 unspecified atom stereocenters. The van der Waals surface area contributed by atoms with E-state index in [1.807, 2.05) is 29.5 Å². The maximum Gasteiger partial charge on any atom is 0.252 e. The van der Waals surface area contributed by atoms with Crippen LogP contribution in [0, 0.1) is 0 Å². The van der Waals surface area contributed by atoms with Crippen molar-refractivity contribution in [3.8, 4) is 22.8 Å². The number of carbonyl (C=O) groups is 1. The second kappa shape index (κ2) is 7.58. The normalized spacial score (nSPS) is 12.0. The Morgan fingerprint density at radius 3 is 2.89 bits per heavy atom. The van der Waals surface area contributed by atoms with Crippen molar-refractivity contribution in [2.24, 2.45) is 5.73 Å². The highest BCUT2D eigenvalue weighted by Gasteiger charge is 2.17. The van der Waals surface area contributed by atoms with Crippen LogP contribution in [-0.4, -0.2) is 29.7 Å². The van der Waals surface area contributed by atoms with Crippen LogP contribution in [-0.2, 0) is 6.42 Å². The van der Waals surface area contributed by atoms with Gasteiger partial charge in [-0.15, -0.1) is 28.3 Å². The number of benzene rings is 2. The summed E-state index contributed by atoms with van der Waals surface area (Å²) in [6.45, 7) is 0.729. The molecule has 0 aliphatic carbocycles. The molecule has 2 aromatic carbocycles. The van der Waals surface area contributed by atoms with Gasteiger partial charge in [-0.25, -0.2) is 4.98 Å². The molecule has 0 saturated carbocycles. The number of hydrogen-bond acceptors (Lipinski definition) is 6. The van der Waals surface area contributed by atoms with E-state index in [1.54, 1.807) is 12.1 Å². The first-order chi connectivity index (χ1) is 12.5. The van der Waals surface area contributed by atoms with E-state index in [1.165, 1.54) is 23.0 Å².